The molecule has 0 aromatic carbocycles. The van der Waals surface area contributed by atoms with Crippen molar-refractivity contribution in [3.8, 4) is 0 Å². The molecule has 0 aliphatic heterocycles. The van der Waals surface area contributed by atoms with Gasteiger partial charge in [0.25, 0.3) is 0 Å². The molecule has 0 nitrogen and oxygen atoms in total. The lowest BCUT2D eigenvalue weighted by molar-refractivity contribution is 0.772. The standard InChI is InChI=1S/C15H22/c1-6-14(11(2)3)10-15-12(4)8-7-9-13(15)5/h10H,2,4,6-9H2,1,3,5H3/b14-10-. The average molecular weight is 202 g/mol. The van der Waals surface area contributed by atoms with Gasteiger partial charge in [0.1, 0.15) is 0 Å². The predicted molar refractivity (Wildman–Crippen MR) is 68.9 cm³/mol. The lowest BCUT2D eigenvalue weighted by Crippen LogP contribution is -1.99. The van der Waals surface area contributed by atoms with Crippen LogP contribution < -0.4 is 0 Å². The molecule has 0 aromatic rings. The Kier molecular flexibility index (Phi) is 4.14. The van der Waals surface area contributed by atoms with Crippen molar-refractivity contribution in [2.45, 2.75) is 46.5 Å². The van der Waals surface area contributed by atoms with Crippen LogP contribution in [0.2, 0.25) is 0 Å². The Morgan fingerprint density at radius 2 is 2.07 bits per heavy atom. The minimum absolute atomic E-state index is 1.05. The molecule has 0 saturated carbocycles. The first-order valence-corrected chi connectivity index (χ1v) is 5.80. The summed E-state index contributed by atoms with van der Waals surface area (Å²) in [5.41, 5.74) is 6.69. The summed E-state index contributed by atoms with van der Waals surface area (Å²) in [5, 5.41) is 0. The van der Waals surface area contributed by atoms with Crippen LogP contribution in [-0.2, 0) is 0 Å². The lowest BCUT2D eigenvalue weighted by atomic mass is 9.87. The Labute approximate surface area is 94.1 Å². The van der Waals surface area contributed by atoms with Gasteiger partial charge in [-0.2, -0.15) is 0 Å². The van der Waals surface area contributed by atoms with E-state index in [0.29, 0.717) is 0 Å². The summed E-state index contributed by atoms with van der Waals surface area (Å²) in [6.45, 7) is 14.7. The van der Waals surface area contributed by atoms with Crippen molar-refractivity contribution in [1.29, 1.82) is 0 Å². The van der Waals surface area contributed by atoms with E-state index >= 15 is 0 Å². The minimum atomic E-state index is 1.05. The Balaban J connectivity index is 3.05. The molecule has 0 heteroatoms. The van der Waals surface area contributed by atoms with Gasteiger partial charge in [0.2, 0.25) is 0 Å². The quantitative estimate of drug-likeness (QED) is 0.568. The molecular formula is C15H22. The SMILES string of the molecule is C=C1CCCC(C)=C1/C=C(/CC)C(=C)C. The van der Waals surface area contributed by atoms with Crippen molar-refractivity contribution in [2.75, 3.05) is 0 Å². The van der Waals surface area contributed by atoms with Crippen LogP contribution in [0.3, 0.4) is 0 Å². The first-order chi connectivity index (χ1) is 7.06. The van der Waals surface area contributed by atoms with Gasteiger partial charge in [0.15, 0.2) is 0 Å². The highest BCUT2D eigenvalue weighted by Crippen LogP contribution is 2.30. The Morgan fingerprint density at radius 1 is 1.40 bits per heavy atom. The average Bonchev–Trinajstić information content (AvgIpc) is 2.17. The number of rotatable bonds is 3. The topological polar surface area (TPSA) is 0 Å². The molecular weight excluding hydrogens is 180 g/mol. The second-order valence-corrected chi connectivity index (χ2v) is 4.45. The van der Waals surface area contributed by atoms with E-state index < -0.39 is 0 Å². The van der Waals surface area contributed by atoms with Crippen LogP contribution in [0.4, 0.5) is 0 Å². The van der Waals surface area contributed by atoms with Crippen molar-refractivity contribution in [2.24, 2.45) is 0 Å². The molecule has 0 bridgehead atoms. The predicted octanol–water partition coefficient (Wildman–Crippen LogP) is 4.96. The molecule has 0 radical (unpaired) electrons. The summed E-state index contributed by atoms with van der Waals surface area (Å²) in [6.07, 6.45) is 6.98. The second kappa shape index (κ2) is 5.16. The second-order valence-electron chi connectivity index (χ2n) is 4.45. The van der Waals surface area contributed by atoms with Gasteiger partial charge in [0, 0.05) is 0 Å². The zero-order valence-electron chi connectivity index (χ0n) is 10.3. The van der Waals surface area contributed by atoms with E-state index in [9.17, 15) is 0 Å². The van der Waals surface area contributed by atoms with Crippen LogP contribution in [0.1, 0.15) is 46.5 Å². The summed E-state index contributed by atoms with van der Waals surface area (Å²) >= 11 is 0. The zero-order chi connectivity index (χ0) is 11.4. The number of hydrogen-bond donors (Lipinski definition) is 0. The van der Waals surface area contributed by atoms with Crippen LogP contribution in [0, 0.1) is 0 Å². The van der Waals surface area contributed by atoms with Crippen LogP contribution in [0.5, 0.6) is 0 Å². The summed E-state index contributed by atoms with van der Waals surface area (Å²) in [5.74, 6) is 0. The van der Waals surface area contributed by atoms with Crippen molar-refractivity contribution >= 4 is 0 Å². The fourth-order valence-electron chi connectivity index (χ4n) is 2.06. The molecule has 1 aliphatic carbocycles. The van der Waals surface area contributed by atoms with Gasteiger partial charge in [-0.3, -0.25) is 0 Å². The molecule has 15 heavy (non-hydrogen) atoms. The smallest absolute Gasteiger partial charge is 0.0238 e. The summed E-state index contributed by atoms with van der Waals surface area (Å²) in [7, 11) is 0. The molecule has 0 N–H and O–H groups in total. The van der Waals surface area contributed by atoms with Crippen LogP contribution >= 0.6 is 0 Å². The highest BCUT2D eigenvalue weighted by atomic mass is 14.2. The number of allylic oxidation sites excluding steroid dienone is 6. The normalized spacial score (nSPS) is 18.3. The first-order valence-electron chi connectivity index (χ1n) is 5.80. The summed E-state index contributed by atoms with van der Waals surface area (Å²) in [6, 6.07) is 0. The molecule has 0 fully saturated rings. The monoisotopic (exact) mass is 202 g/mol. The maximum atomic E-state index is 4.16. The summed E-state index contributed by atoms with van der Waals surface area (Å²) in [4.78, 5) is 0. The van der Waals surface area contributed by atoms with E-state index in [0.717, 1.165) is 12.8 Å². The zero-order valence-corrected chi connectivity index (χ0v) is 10.3. The van der Waals surface area contributed by atoms with Gasteiger partial charge in [-0.1, -0.05) is 37.3 Å². The molecule has 0 heterocycles. The molecule has 0 spiro atoms. The van der Waals surface area contributed by atoms with E-state index in [1.165, 1.54) is 40.7 Å². The maximum absolute atomic E-state index is 4.16. The Morgan fingerprint density at radius 3 is 2.53 bits per heavy atom. The highest BCUT2D eigenvalue weighted by molar-refractivity contribution is 5.47. The van der Waals surface area contributed by atoms with Gasteiger partial charge in [0.05, 0.1) is 0 Å². The number of hydrogen-bond acceptors (Lipinski definition) is 0. The fourth-order valence-corrected chi connectivity index (χ4v) is 2.06. The molecule has 0 atom stereocenters. The molecule has 82 valence electrons. The Hall–Kier alpha value is -1.04. The van der Waals surface area contributed by atoms with E-state index in [1.54, 1.807) is 0 Å². The van der Waals surface area contributed by atoms with Crippen LogP contribution in [-0.4, -0.2) is 0 Å². The molecule has 0 aromatic heterocycles. The van der Waals surface area contributed by atoms with Gasteiger partial charge < -0.3 is 0 Å². The van der Waals surface area contributed by atoms with Crippen molar-refractivity contribution in [3.05, 3.63) is 47.1 Å². The lowest BCUT2D eigenvalue weighted by Gasteiger charge is -2.19. The van der Waals surface area contributed by atoms with Crippen LogP contribution in [0.25, 0.3) is 0 Å². The third kappa shape index (κ3) is 2.95. The summed E-state index contributed by atoms with van der Waals surface area (Å²) < 4.78 is 0. The van der Waals surface area contributed by atoms with E-state index in [2.05, 4.69) is 40.0 Å². The highest BCUT2D eigenvalue weighted by Gasteiger charge is 2.11. The van der Waals surface area contributed by atoms with Crippen molar-refractivity contribution < 1.29 is 0 Å². The van der Waals surface area contributed by atoms with Gasteiger partial charge in [-0.25, -0.2) is 0 Å². The van der Waals surface area contributed by atoms with E-state index in [-0.39, 0.29) is 0 Å². The minimum Gasteiger partial charge on any atom is -0.0958 e. The Bertz CT molecular complexity index is 337. The van der Waals surface area contributed by atoms with Gasteiger partial charge in [-0.05, 0) is 56.3 Å². The van der Waals surface area contributed by atoms with Gasteiger partial charge in [-0.15, -0.1) is 0 Å². The molecule has 0 unspecified atom stereocenters. The van der Waals surface area contributed by atoms with Crippen molar-refractivity contribution in [3.63, 3.8) is 0 Å². The molecule has 0 amide bonds. The third-order valence-corrected chi connectivity index (χ3v) is 3.12. The maximum Gasteiger partial charge on any atom is -0.0238 e. The largest absolute Gasteiger partial charge is 0.0958 e. The molecule has 1 rings (SSSR count). The van der Waals surface area contributed by atoms with E-state index in [1.807, 2.05) is 0 Å². The van der Waals surface area contributed by atoms with E-state index in [4.69, 9.17) is 0 Å². The molecule has 0 saturated heterocycles. The van der Waals surface area contributed by atoms with Crippen molar-refractivity contribution in [1.82, 2.24) is 0 Å². The third-order valence-electron chi connectivity index (χ3n) is 3.12. The van der Waals surface area contributed by atoms with Gasteiger partial charge >= 0.3 is 0 Å². The first kappa shape index (κ1) is 12.0. The fraction of sp³-hybridized carbons (Fsp3) is 0.467. The molecule has 1 aliphatic rings. The van der Waals surface area contributed by atoms with Crippen LogP contribution in [0.15, 0.2) is 47.1 Å².